The molecule has 0 spiro atoms. The Kier molecular flexibility index (Phi) is 5.62. The Bertz CT molecular complexity index is 597. The van der Waals surface area contributed by atoms with Gasteiger partial charge in [-0.1, -0.05) is 13.8 Å². The Morgan fingerprint density at radius 1 is 1.33 bits per heavy atom. The summed E-state index contributed by atoms with van der Waals surface area (Å²) in [7, 11) is 0. The number of ether oxygens (including phenoxy) is 1. The predicted octanol–water partition coefficient (Wildman–Crippen LogP) is 3.35. The molecule has 132 valence electrons. The average molecular weight is 335 g/mol. The topological polar surface area (TPSA) is 55.4 Å². The second kappa shape index (κ2) is 7.32. The van der Waals surface area contributed by atoms with Crippen LogP contribution in [0, 0.1) is 23.1 Å². The Morgan fingerprint density at radius 2 is 1.96 bits per heavy atom. The lowest BCUT2D eigenvalue weighted by atomic mass is 9.52. The Hall–Kier alpha value is -1.91. The minimum atomic E-state index is -0.310. The molecule has 1 saturated carbocycles. The van der Waals surface area contributed by atoms with Gasteiger partial charge in [-0.25, -0.2) is 4.39 Å². The molecule has 0 aromatic heterocycles. The molecule has 1 aromatic rings. The number of halogens is 1. The molecule has 1 aliphatic carbocycles. The van der Waals surface area contributed by atoms with E-state index in [-0.39, 0.29) is 40.9 Å². The fourth-order valence-electron chi connectivity index (χ4n) is 3.39. The fourth-order valence-corrected chi connectivity index (χ4v) is 3.39. The molecule has 0 bridgehead atoms. The second-order valence-electron chi connectivity index (χ2n) is 7.31. The number of hydrogen-bond acceptors (Lipinski definition) is 3. The zero-order valence-corrected chi connectivity index (χ0v) is 14.8. The van der Waals surface area contributed by atoms with Crippen LogP contribution in [0.2, 0.25) is 0 Å². The van der Waals surface area contributed by atoms with Gasteiger partial charge in [-0.2, -0.15) is 0 Å². The first-order valence-electron chi connectivity index (χ1n) is 8.39. The zero-order chi connectivity index (χ0) is 17.9. The minimum absolute atomic E-state index is 0.0235. The third kappa shape index (κ3) is 4.34. The van der Waals surface area contributed by atoms with Crippen LogP contribution in [-0.4, -0.2) is 24.3 Å². The molecule has 24 heavy (non-hydrogen) atoms. The lowest BCUT2D eigenvalue weighted by Gasteiger charge is -2.51. The van der Waals surface area contributed by atoms with Gasteiger partial charge in [0.25, 0.3) is 0 Å². The monoisotopic (exact) mass is 335 g/mol. The van der Waals surface area contributed by atoms with Crippen LogP contribution in [0.25, 0.3) is 0 Å². The highest BCUT2D eigenvalue weighted by molar-refractivity contribution is 5.81. The van der Waals surface area contributed by atoms with Crippen LogP contribution in [-0.2, 0) is 9.59 Å². The minimum Gasteiger partial charge on any atom is -0.489 e. The van der Waals surface area contributed by atoms with Crippen molar-refractivity contribution in [2.45, 2.75) is 46.6 Å². The van der Waals surface area contributed by atoms with E-state index in [9.17, 15) is 14.0 Å². The third-order valence-electron chi connectivity index (χ3n) is 5.13. The van der Waals surface area contributed by atoms with Gasteiger partial charge in [0.1, 0.15) is 23.5 Å². The first-order chi connectivity index (χ1) is 11.2. The summed E-state index contributed by atoms with van der Waals surface area (Å²) in [6.07, 6.45) is 1.01. The molecule has 1 aromatic carbocycles. The molecule has 0 aliphatic heterocycles. The van der Waals surface area contributed by atoms with Crippen LogP contribution in [0.15, 0.2) is 24.3 Å². The molecule has 1 N–H and O–H groups in total. The SMILES string of the molecule is CC(=O)[C@@H]1C[C@H](CC(=O)NC[C@@H](C)Oc2ccc(F)cc2)C1(C)C. The van der Waals surface area contributed by atoms with Gasteiger partial charge >= 0.3 is 0 Å². The average Bonchev–Trinajstić information content (AvgIpc) is 2.51. The highest BCUT2D eigenvalue weighted by Gasteiger charge is 2.50. The Morgan fingerprint density at radius 3 is 2.50 bits per heavy atom. The van der Waals surface area contributed by atoms with Crippen LogP contribution in [0.4, 0.5) is 4.39 Å². The van der Waals surface area contributed by atoms with Crippen LogP contribution in [0.5, 0.6) is 5.75 Å². The molecule has 4 nitrogen and oxygen atoms in total. The van der Waals surface area contributed by atoms with Crippen molar-refractivity contribution in [2.75, 3.05) is 6.54 Å². The first kappa shape index (κ1) is 18.4. The van der Waals surface area contributed by atoms with Gasteiger partial charge in [-0.05, 0) is 55.9 Å². The quantitative estimate of drug-likeness (QED) is 0.831. The van der Waals surface area contributed by atoms with Crippen LogP contribution < -0.4 is 10.1 Å². The number of amides is 1. The van der Waals surface area contributed by atoms with Gasteiger partial charge in [0, 0.05) is 12.3 Å². The summed E-state index contributed by atoms with van der Waals surface area (Å²) in [6, 6.07) is 5.80. The van der Waals surface area contributed by atoms with Gasteiger partial charge in [0.2, 0.25) is 5.91 Å². The van der Waals surface area contributed by atoms with Crippen LogP contribution in [0.3, 0.4) is 0 Å². The lowest BCUT2D eigenvalue weighted by Crippen LogP contribution is -2.50. The number of carbonyl (C=O) groups is 2. The van der Waals surface area contributed by atoms with Crippen molar-refractivity contribution in [1.82, 2.24) is 5.32 Å². The van der Waals surface area contributed by atoms with E-state index in [4.69, 9.17) is 4.74 Å². The summed E-state index contributed by atoms with van der Waals surface area (Å²) in [5, 5.41) is 2.87. The highest BCUT2D eigenvalue weighted by Crippen LogP contribution is 2.53. The van der Waals surface area contributed by atoms with Gasteiger partial charge in [-0.3, -0.25) is 9.59 Å². The van der Waals surface area contributed by atoms with Gasteiger partial charge in [-0.15, -0.1) is 0 Å². The van der Waals surface area contributed by atoms with Crippen molar-refractivity contribution in [1.29, 1.82) is 0 Å². The largest absolute Gasteiger partial charge is 0.489 e. The van der Waals surface area contributed by atoms with Gasteiger partial charge in [0.05, 0.1) is 6.54 Å². The van der Waals surface area contributed by atoms with Crippen molar-refractivity contribution in [3.63, 3.8) is 0 Å². The molecule has 1 amide bonds. The summed E-state index contributed by atoms with van der Waals surface area (Å²) in [6.45, 7) is 7.97. The maximum absolute atomic E-state index is 12.8. The van der Waals surface area contributed by atoms with E-state index < -0.39 is 0 Å². The van der Waals surface area contributed by atoms with E-state index in [1.807, 2.05) is 6.92 Å². The van der Waals surface area contributed by atoms with E-state index in [1.165, 1.54) is 12.1 Å². The fraction of sp³-hybridized carbons (Fsp3) is 0.579. The molecule has 0 unspecified atom stereocenters. The molecule has 0 heterocycles. The number of nitrogens with one attached hydrogen (secondary N) is 1. The lowest BCUT2D eigenvalue weighted by molar-refractivity contribution is -0.141. The highest BCUT2D eigenvalue weighted by atomic mass is 19.1. The number of carbonyl (C=O) groups excluding carboxylic acids is 2. The maximum Gasteiger partial charge on any atom is 0.220 e. The molecule has 5 heteroatoms. The van der Waals surface area contributed by atoms with Crippen LogP contribution >= 0.6 is 0 Å². The van der Waals surface area contributed by atoms with Crippen molar-refractivity contribution in [3.05, 3.63) is 30.1 Å². The molecule has 3 atom stereocenters. The number of hydrogen-bond donors (Lipinski definition) is 1. The molecule has 2 rings (SSSR count). The van der Waals surface area contributed by atoms with Crippen molar-refractivity contribution >= 4 is 11.7 Å². The standard InChI is InChI=1S/C19H26FNO3/c1-12(24-16-7-5-15(20)6-8-16)11-21-18(23)10-14-9-17(13(2)22)19(14,3)4/h5-8,12,14,17H,9-11H2,1-4H3,(H,21,23)/t12-,14-,17+/m1/s1. The van der Waals surface area contributed by atoms with E-state index in [1.54, 1.807) is 19.1 Å². The van der Waals surface area contributed by atoms with Crippen molar-refractivity contribution in [3.8, 4) is 5.75 Å². The van der Waals surface area contributed by atoms with Crippen molar-refractivity contribution < 1.29 is 18.7 Å². The maximum atomic E-state index is 12.8. The Labute approximate surface area is 142 Å². The van der Waals surface area contributed by atoms with Gasteiger partial charge in [0.15, 0.2) is 0 Å². The normalized spacial score (nSPS) is 23.0. The molecule has 0 saturated heterocycles. The molecule has 1 fully saturated rings. The predicted molar refractivity (Wildman–Crippen MR) is 90.2 cm³/mol. The van der Waals surface area contributed by atoms with Crippen LogP contribution in [0.1, 0.15) is 40.5 Å². The van der Waals surface area contributed by atoms with Crippen molar-refractivity contribution in [2.24, 2.45) is 17.3 Å². The third-order valence-corrected chi connectivity index (χ3v) is 5.13. The van der Waals surface area contributed by atoms with E-state index in [2.05, 4.69) is 19.2 Å². The molecular formula is C19H26FNO3. The van der Waals surface area contributed by atoms with E-state index in [0.717, 1.165) is 6.42 Å². The van der Waals surface area contributed by atoms with E-state index >= 15 is 0 Å². The number of Topliss-reactive ketones (excluding diaryl/α,β-unsaturated/α-hetero) is 1. The number of benzene rings is 1. The summed E-state index contributed by atoms with van der Waals surface area (Å²) in [5.41, 5.74) is -0.112. The van der Waals surface area contributed by atoms with E-state index in [0.29, 0.717) is 18.7 Å². The smallest absolute Gasteiger partial charge is 0.220 e. The first-order valence-corrected chi connectivity index (χ1v) is 8.39. The molecular weight excluding hydrogens is 309 g/mol. The summed E-state index contributed by atoms with van der Waals surface area (Å²) in [5.74, 6) is 0.747. The molecule has 0 radical (unpaired) electrons. The number of rotatable bonds is 7. The zero-order valence-electron chi connectivity index (χ0n) is 14.8. The Balaban J connectivity index is 1.73. The molecule has 1 aliphatic rings. The second-order valence-corrected chi connectivity index (χ2v) is 7.31. The summed E-state index contributed by atoms with van der Waals surface area (Å²) in [4.78, 5) is 23.7. The summed E-state index contributed by atoms with van der Waals surface area (Å²) < 4.78 is 18.5. The summed E-state index contributed by atoms with van der Waals surface area (Å²) >= 11 is 0. The number of ketones is 1. The van der Waals surface area contributed by atoms with Gasteiger partial charge < -0.3 is 10.1 Å².